The molecule has 0 saturated heterocycles. The molecule has 3 unspecified atom stereocenters. The highest BCUT2D eigenvalue weighted by Gasteiger charge is 2.30. The third kappa shape index (κ3) is 2.75. The molecule has 3 atom stereocenters. The average Bonchev–Trinajstić information content (AvgIpc) is 2.82. The summed E-state index contributed by atoms with van der Waals surface area (Å²) in [6, 6.07) is 7.89. The number of ether oxygens (including phenoxy) is 1. The fraction of sp³-hybridized carbons (Fsp3) is 0.562. The van der Waals surface area contributed by atoms with Crippen molar-refractivity contribution < 1.29 is 9.53 Å². The normalized spacial score (nSPS) is 29.4. The van der Waals surface area contributed by atoms with Gasteiger partial charge in [-0.25, -0.2) is 4.79 Å². The Hall–Kier alpha value is -1.51. The summed E-state index contributed by atoms with van der Waals surface area (Å²) in [5, 5.41) is 3.26. The first-order valence-electron chi connectivity index (χ1n) is 7.27. The van der Waals surface area contributed by atoms with Crippen molar-refractivity contribution in [3.8, 4) is 0 Å². The minimum absolute atomic E-state index is 0.0877. The molecular formula is C16H21NO2. The largest absolute Gasteiger partial charge is 0.461 e. The van der Waals surface area contributed by atoms with Crippen LogP contribution in [0.3, 0.4) is 0 Å². The Morgan fingerprint density at radius 3 is 2.95 bits per heavy atom. The van der Waals surface area contributed by atoms with E-state index in [0.29, 0.717) is 5.92 Å². The zero-order valence-electron chi connectivity index (χ0n) is 11.4. The lowest BCUT2D eigenvalue weighted by Crippen LogP contribution is -2.34. The molecule has 1 N–H and O–H groups in total. The van der Waals surface area contributed by atoms with E-state index in [1.807, 2.05) is 18.2 Å². The highest BCUT2D eigenvalue weighted by atomic mass is 16.5. The maximum atomic E-state index is 12.2. The number of hydrogen-bond acceptors (Lipinski definition) is 3. The van der Waals surface area contributed by atoms with E-state index in [1.165, 1.54) is 18.4 Å². The third-order valence-electron chi connectivity index (χ3n) is 4.23. The van der Waals surface area contributed by atoms with Gasteiger partial charge in [0.2, 0.25) is 0 Å². The van der Waals surface area contributed by atoms with Gasteiger partial charge in [0.1, 0.15) is 12.1 Å². The van der Waals surface area contributed by atoms with Crippen LogP contribution < -0.4 is 5.32 Å². The fourth-order valence-electron chi connectivity index (χ4n) is 3.17. The van der Waals surface area contributed by atoms with Gasteiger partial charge in [-0.1, -0.05) is 31.5 Å². The number of hydrogen-bond donors (Lipinski definition) is 1. The number of esters is 1. The molecular weight excluding hydrogens is 238 g/mol. The maximum absolute atomic E-state index is 12.2. The first-order chi connectivity index (χ1) is 9.22. The Balaban J connectivity index is 1.58. The standard InChI is InChI=1S/C16H21NO2/c1-11-5-4-7-13(9-11)19-16(18)15-10-12-6-2-3-8-14(12)17-15/h2-3,6,8,11,13,15,17H,4-5,7,9-10H2,1H3. The Kier molecular flexibility index (Phi) is 3.45. The molecule has 0 amide bonds. The molecule has 1 aromatic carbocycles. The van der Waals surface area contributed by atoms with Crippen LogP contribution in [0.5, 0.6) is 0 Å². The second-order valence-electron chi connectivity index (χ2n) is 5.89. The van der Waals surface area contributed by atoms with Crippen molar-refractivity contribution in [3.63, 3.8) is 0 Å². The summed E-state index contributed by atoms with van der Waals surface area (Å²) < 4.78 is 5.68. The van der Waals surface area contributed by atoms with Crippen molar-refractivity contribution in [2.75, 3.05) is 5.32 Å². The van der Waals surface area contributed by atoms with Gasteiger partial charge in [-0.15, -0.1) is 0 Å². The highest BCUT2D eigenvalue weighted by Crippen LogP contribution is 2.29. The number of benzene rings is 1. The lowest BCUT2D eigenvalue weighted by molar-refractivity contribution is -0.152. The van der Waals surface area contributed by atoms with E-state index in [0.717, 1.165) is 24.9 Å². The average molecular weight is 259 g/mol. The highest BCUT2D eigenvalue weighted by molar-refractivity contribution is 5.83. The molecule has 19 heavy (non-hydrogen) atoms. The number of carbonyl (C=O) groups excluding carboxylic acids is 1. The lowest BCUT2D eigenvalue weighted by Gasteiger charge is -2.27. The SMILES string of the molecule is CC1CCCC(OC(=O)C2Cc3ccccc3N2)C1. The molecule has 1 aliphatic heterocycles. The van der Waals surface area contributed by atoms with Crippen LogP contribution in [0.25, 0.3) is 0 Å². The van der Waals surface area contributed by atoms with Crippen molar-refractivity contribution in [1.82, 2.24) is 0 Å². The summed E-state index contributed by atoms with van der Waals surface area (Å²) in [7, 11) is 0. The Morgan fingerprint density at radius 1 is 1.32 bits per heavy atom. The van der Waals surface area contributed by atoms with Crippen LogP contribution in [0.15, 0.2) is 24.3 Å². The van der Waals surface area contributed by atoms with E-state index < -0.39 is 0 Å². The summed E-state index contributed by atoms with van der Waals surface area (Å²) >= 11 is 0. The third-order valence-corrected chi connectivity index (χ3v) is 4.23. The quantitative estimate of drug-likeness (QED) is 0.829. The van der Waals surface area contributed by atoms with Gasteiger partial charge in [0, 0.05) is 12.1 Å². The molecule has 1 fully saturated rings. The summed E-state index contributed by atoms with van der Waals surface area (Å²) in [5.41, 5.74) is 2.28. The number of nitrogens with one attached hydrogen (secondary N) is 1. The Labute approximate surface area is 114 Å². The Morgan fingerprint density at radius 2 is 2.16 bits per heavy atom. The number of para-hydroxylation sites is 1. The predicted molar refractivity (Wildman–Crippen MR) is 75.1 cm³/mol. The summed E-state index contributed by atoms with van der Waals surface area (Å²) in [6.07, 6.45) is 5.36. The van der Waals surface area contributed by atoms with Crippen LogP contribution in [0, 0.1) is 5.92 Å². The van der Waals surface area contributed by atoms with Crippen LogP contribution >= 0.6 is 0 Å². The minimum Gasteiger partial charge on any atom is -0.461 e. The first-order valence-corrected chi connectivity index (χ1v) is 7.27. The first kappa shape index (κ1) is 12.5. The van der Waals surface area contributed by atoms with E-state index in [2.05, 4.69) is 18.3 Å². The van der Waals surface area contributed by atoms with Gasteiger partial charge in [0.25, 0.3) is 0 Å². The number of rotatable bonds is 2. The number of anilines is 1. The van der Waals surface area contributed by atoms with Crippen LogP contribution in [0.4, 0.5) is 5.69 Å². The van der Waals surface area contributed by atoms with Gasteiger partial charge in [-0.05, 0) is 36.8 Å². The maximum Gasteiger partial charge on any atom is 0.329 e. The van der Waals surface area contributed by atoms with Gasteiger partial charge in [0.05, 0.1) is 0 Å². The summed E-state index contributed by atoms with van der Waals surface area (Å²) in [4.78, 5) is 12.2. The molecule has 1 aliphatic carbocycles. The van der Waals surface area contributed by atoms with Crippen molar-refractivity contribution in [2.45, 2.75) is 51.2 Å². The zero-order chi connectivity index (χ0) is 13.2. The summed E-state index contributed by atoms with van der Waals surface area (Å²) in [5.74, 6) is 0.593. The molecule has 1 heterocycles. The molecule has 0 aromatic heterocycles. The molecule has 0 bridgehead atoms. The van der Waals surface area contributed by atoms with Crippen molar-refractivity contribution in [1.29, 1.82) is 0 Å². The predicted octanol–water partition coefficient (Wildman–Crippen LogP) is 3.15. The van der Waals surface area contributed by atoms with Gasteiger partial charge in [0.15, 0.2) is 0 Å². The van der Waals surface area contributed by atoms with E-state index in [4.69, 9.17) is 4.74 Å². The molecule has 3 nitrogen and oxygen atoms in total. The molecule has 102 valence electrons. The number of carbonyl (C=O) groups is 1. The Bertz CT molecular complexity index is 447. The molecule has 1 saturated carbocycles. The number of fused-ring (bicyclic) bond motifs is 1. The van der Waals surface area contributed by atoms with Crippen LogP contribution in [-0.2, 0) is 16.0 Å². The lowest BCUT2D eigenvalue weighted by atomic mass is 9.89. The molecule has 3 rings (SSSR count). The molecule has 0 spiro atoms. The van der Waals surface area contributed by atoms with Crippen LogP contribution in [0.2, 0.25) is 0 Å². The smallest absolute Gasteiger partial charge is 0.329 e. The zero-order valence-corrected chi connectivity index (χ0v) is 11.4. The van der Waals surface area contributed by atoms with E-state index in [9.17, 15) is 4.79 Å². The minimum atomic E-state index is -0.199. The second kappa shape index (κ2) is 5.24. The van der Waals surface area contributed by atoms with E-state index in [-0.39, 0.29) is 18.1 Å². The second-order valence-corrected chi connectivity index (χ2v) is 5.89. The van der Waals surface area contributed by atoms with Crippen molar-refractivity contribution in [3.05, 3.63) is 29.8 Å². The van der Waals surface area contributed by atoms with Gasteiger partial charge >= 0.3 is 5.97 Å². The topological polar surface area (TPSA) is 38.3 Å². The molecule has 1 aromatic rings. The van der Waals surface area contributed by atoms with Crippen molar-refractivity contribution >= 4 is 11.7 Å². The van der Waals surface area contributed by atoms with Gasteiger partial charge < -0.3 is 10.1 Å². The molecule has 0 radical (unpaired) electrons. The van der Waals surface area contributed by atoms with Gasteiger partial charge in [-0.2, -0.15) is 0 Å². The fourth-order valence-corrected chi connectivity index (χ4v) is 3.17. The van der Waals surface area contributed by atoms with Crippen LogP contribution in [0.1, 0.15) is 38.2 Å². The summed E-state index contributed by atoms with van der Waals surface area (Å²) in [6.45, 7) is 2.24. The molecule has 2 aliphatic rings. The van der Waals surface area contributed by atoms with Crippen LogP contribution in [-0.4, -0.2) is 18.1 Å². The van der Waals surface area contributed by atoms with Crippen molar-refractivity contribution in [2.24, 2.45) is 5.92 Å². The van der Waals surface area contributed by atoms with Gasteiger partial charge in [-0.3, -0.25) is 0 Å². The van der Waals surface area contributed by atoms with E-state index in [1.54, 1.807) is 0 Å². The molecule has 3 heteroatoms. The van der Waals surface area contributed by atoms with E-state index >= 15 is 0 Å². The monoisotopic (exact) mass is 259 g/mol.